The fourth-order valence-electron chi connectivity index (χ4n) is 1.73. The van der Waals surface area contributed by atoms with E-state index < -0.39 is 30.2 Å². The van der Waals surface area contributed by atoms with Crippen LogP contribution in [0.2, 0.25) is 0 Å². The summed E-state index contributed by atoms with van der Waals surface area (Å²) >= 11 is 0. The predicted molar refractivity (Wildman–Crippen MR) is 92.7 cm³/mol. The average molecular weight is 385 g/mol. The Morgan fingerprint density at radius 1 is 0.926 bits per heavy atom. The summed E-state index contributed by atoms with van der Waals surface area (Å²) in [6.07, 6.45) is -1.96. The Hall–Kier alpha value is -3.34. The number of carbonyl (C=O) groups excluding carboxylic acids is 2. The van der Waals surface area contributed by atoms with Crippen molar-refractivity contribution in [2.75, 3.05) is 13.2 Å². The van der Waals surface area contributed by atoms with E-state index in [1.54, 1.807) is 0 Å². The number of rotatable bonds is 9. The topological polar surface area (TPSA) is 205 Å². The average Bonchev–Trinajstić information content (AvgIpc) is 2.60. The molecule has 8 N–H and O–H groups in total. The predicted octanol–water partition coefficient (Wildman–Crippen LogP) is 0.224. The summed E-state index contributed by atoms with van der Waals surface area (Å²) in [5.41, 5.74) is 15.6. The van der Waals surface area contributed by atoms with Crippen molar-refractivity contribution < 1.29 is 38.9 Å². The van der Waals surface area contributed by atoms with Gasteiger partial charge in [-0.3, -0.25) is 9.59 Å². The lowest BCUT2D eigenvalue weighted by atomic mass is 10.0. The van der Waals surface area contributed by atoms with Crippen LogP contribution in [0.3, 0.4) is 0 Å². The minimum atomic E-state index is -1.17. The van der Waals surface area contributed by atoms with Crippen LogP contribution in [-0.4, -0.2) is 53.6 Å². The molecule has 0 heterocycles. The molecule has 1 unspecified atom stereocenters. The SMILES string of the molecule is NC(=O)OCC(COC(N)=O)c1ccccc1.NC(CCC(=O)O)C(=O)O. The van der Waals surface area contributed by atoms with Crippen molar-refractivity contribution in [3.63, 3.8) is 0 Å². The van der Waals surface area contributed by atoms with Crippen LogP contribution in [0.5, 0.6) is 0 Å². The number of hydrogen-bond acceptors (Lipinski definition) is 7. The van der Waals surface area contributed by atoms with Crippen molar-refractivity contribution in [1.82, 2.24) is 0 Å². The van der Waals surface area contributed by atoms with Gasteiger partial charge in [0.25, 0.3) is 0 Å². The van der Waals surface area contributed by atoms with E-state index in [2.05, 4.69) is 0 Å². The van der Waals surface area contributed by atoms with Crippen LogP contribution in [-0.2, 0) is 19.1 Å². The Labute approximate surface area is 155 Å². The van der Waals surface area contributed by atoms with Gasteiger partial charge in [-0.25, -0.2) is 9.59 Å². The molecule has 1 aromatic rings. The monoisotopic (exact) mass is 385 g/mol. The van der Waals surface area contributed by atoms with Crippen LogP contribution in [0, 0.1) is 0 Å². The Morgan fingerprint density at radius 2 is 1.41 bits per heavy atom. The normalized spacial score (nSPS) is 10.9. The van der Waals surface area contributed by atoms with Gasteiger partial charge >= 0.3 is 24.1 Å². The number of amides is 2. The first kappa shape index (κ1) is 23.7. The summed E-state index contributed by atoms with van der Waals surface area (Å²) in [4.78, 5) is 41.0. The van der Waals surface area contributed by atoms with Gasteiger partial charge < -0.3 is 36.9 Å². The van der Waals surface area contributed by atoms with Crippen LogP contribution in [0.4, 0.5) is 9.59 Å². The molecule has 0 aromatic heterocycles. The number of nitrogens with two attached hydrogens (primary N) is 3. The van der Waals surface area contributed by atoms with Gasteiger partial charge in [0.2, 0.25) is 0 Å². The van der Waals surface area contributed by atoms with E-state index in [1.165, 1.54) is 0 Å². The summed E-state index contributed by atoms with van der Waals surface area (Å²) in [5, 5.41) is 16.3. The van der Waals surface area contributed by atoms with Gasteiger partial charge in [0.05, 0.1) is 5.92 Å². The van der Waals surface area contributed by atoms with Gasteiger partial charge in [0.1, 0.15) is 19.3 Å². The van der Waals surface area contributed by atoms with Crippen molar-refractivity contribution in [3.05, 3.63) is 35.9 Å². The largest absolute Gasteiger partial charge is 0.481 e. The maximum atomic E-state index is 10.5. The van der Waals surface area contributed by atoms with E-state index in [1.807, 2.05) is 30.3 Å². The number of carboxylic acids is 2. The second-order valence-electron chi connectivity index (χ2n) is 5.24. The van der Waals surface area contributed by atoms with E-state index >= 15 is 0 Å². The first-order valence-electron chi connectivity index (χ1n) is 7.73. The molecule has 0 aliphatic rings. The Balaban J connectivity index is 0.000000580. The lowest BCUT2D eigenvalue weighted by molar-refractivity contribution is -0.139. The molecule has 0 spiro atoms. The minimum Gasteiger partial charge on any atom is -0.481 e. The molecule has 2 amide bonds. The highest BCUT2D eigenvalue weighted by molar-refractivity contribution is 5.74. The molecule has 0 bridgehead atoms. The molecular formula is C16H23N3O8. The molecule has 0 radical (unpaired) electrons. The maximum absolute atomic E-state index is 10.5. The molecule has 1 rings (SSSR count). The van der Waals surface area contributed by atoms with Crippen molar-refractivity contribution in [1.29, 1.82) is 0 Å². The zero-order valence-corrected chi connectivity index (χ0v) is 14.4. The Morgan fingerprint density at radius 3 is 1.78 bits per heavy atom. The van der Waals surface area contributed by atoms with Crippen molar-refractivity contribution >= 4 is 24.1 Å². The summed E-state index contributed by atoms with van der Waals surface area (Å²) in [6.45, 7) is 0.0687. The smallest absolute Gasteiger partial charge is 0.404 e. The number of benzene rings is 1. The third-order valence-electron chi connectivity index (χ3n) is 3.11. The van der Waals surface area contributed by atoms with Crippen molar-refractivity contribution in [2.24, 2.45) is 17.2 Å². The van der Waals surface area contributed by atoms with Gasteiger partial charge in [-0.05, 0) is 12.0 Å². The highest BCUT2D eigenvalue weighted by Gasteiger charge is 2.15. The molecule has 0 fully saturated rings. The highest BCUT2D eigenvalue weighted by atomic mass is 16.6. The molecule has 150 valence electrons. The molecule has 11 heteroatoms. The first-order chi connectivity index (χ1) is 12.6. The Kier molecular flexibility index (Phi) is 11.3. The molecule has 0 saturated heterocycles. The van der Waals surface area contributed by atoms with Crippen LogP contribution in [0.25, 0.3) is 0 Å². The summed E-state index contributed by atoms with van der Waals surface area (Å²) in [6, 6.07) is 8.12. The minimum absolute atomic E-state index is 0.0231. The highest BCUT2D eigenvalue weighted by Crippen LogP contribution is 2.16. The lowest BCUT2D eigenvalue weighted by Gasteiger charge is -2.16. The summed E-state index contributed by atoms with van der Waals surface area (Å²) in [7, 11) is 0. The number of ether oxygens (including phenoxy) is 2. The van der Waals surface area contributed by atoms with E-state index in [-0.39, 0.29) is 32.0 Å². The number of hydrogen-bond donors (Lipinski definition) is 5. The molecule has 0 aliphatic carbocycles. The Bertz CT molecular complexity index is 605. The number of carboxylic acid groups (broad SMARTS) is 2. The van der Waals surface area contributed by atoms with Crippen molar-refractivity contribution in [2.45, 2.75) is 24.8 Å². The second-order valence-corrected chi connectivity index (χ2v) is 5.24. The zero-order valence-electron chi connectivity index (χ0n) is 14.4. The molecular weight excluding hydrogens is 362 g/mol. The summed E-state index contributed by atoms with van der Waals surface area (Å²) < 4.78 is 9.39. The quantitative estimate of drug-likeness (QED) is 0.393. The standard InChI is InChI=1S/C11H14N2O4.C5H9NO4/c12-10(14)16-6-9(7-17-11(13)15)8-4-2-1-3-5-8;6-3(5(9)10)1-2-4(7)8/h1-5,9H,6-7H2,(H2,12,14)(H2,13,15);3H,1-2,6H2,(H,7,8)(H,9,10). The van der Waals surface area contributed by atoms with Crippen LogP contribution >= 0.6 is 0 Å². The van der Waals surface area contributed by atoms with Gasteiger partial charge in [-0.1, -0.05) is 30.3 Å². The van der Waals surface area contributed by atoms with Gasteiger partial charge in [0.15, 0.2) is 0 Å². The lowest BCUT2D eigenvalue weighted by Crippen LogP contribution is -2.30. The van der Waals surface area contributed by atoms with Gasteiger partial charge in [-0.15, -0.1) is 0 Å². The third-order valence-corrected chi connectivity index (χ3v) is 3.11. The molecule has 1 atom stereocenters. The number of aliphatic carboxylic acids is 2. The molecule has 11 nitrogen and oxygen atoms in total. The van der Waals surface area contributed by atoms with E-state index in [0.29, 0.717) is 0 Å². The molecule has 0 saturated carbocycles. The van der Waals surface area contributed by atoms with Crippen molar-refractivity contribution in [3.8, 4) is 0 Å². The van der Waals surface area contributed by atoms with E-state index in [9.17, 15) is 19.2 Å². The van der Waals surface area contributed by atoms with E-state index in [4.69, 9.17) is 36.9 Å². The number of carbonyl (C=O) groups is 4. The molecule has 27 heavy (non-hydrogen) atoms. The zero-order chi connectivity index (χ0) is 20.8. The van der Waals surface area contributed by atoms with Crippen LogP contribution < -0.4 is 17.2 Å². The van der Waals surface area contributed by atoms with Crippen LogP contribution in [0.15, 0.2) is 30.3 Å². The summed E-state index contributed by atoms with van der Waals surface area (Å²) in [5.74, 6) is -2.48. The number of primary amides is 2. The van der Waals surface area contributed by atoms with E-state index in [0.717, 1.165) is 5.56 Å². The van der Waals surface area contributed by atoms with Gasteiger partial charge in [-0.2, -0.15) is 0 Å². The van der Waals surface area contributed by atoms with Gasteiger partial charge in [0, 0.05) is 6.42 Å². The molecule has 0 aliphatic heterocycles. The second kappa shape index (κ2) is 12.9. The third kappa shape index (κ3) is 12.6. The molecule has 1 aromatic carbocycles. The fourth-order valence-corrected chi connectivity index (χ4v) is 1.73. The maximum Gasteiger partial charge on any atom is 0.404 e. The van der Waals surface area contributed by atoms with Crippen LogP contribution in [0.1, 0.15) is 24.3 Å². The fraction of sp³-hybridized carbons (Fsp3) is 0.375. The first-order valence-corrected chi connectivity index (χ1v) is 7.73.